The van der Waals surface area contributed by atoms with Gasteiger partial charge in [0.1, 0.15) is 22.9 Å². The number of aldehydes is 1. The first-order chi connectivity index (χ1) is 11.1. The highest BCUT2D eigenvalue weighted by Gasteiger charge is 2.15. The molecular formula is C17H13FN2O3. The molecule has 5 nitrogen and oxygen atoms in total. The summed E-state index contributed by atoms with van der Waals surface area (Å²) in [6, 6.07) is 8.83. The van der Waals surface area contributed by atoms with Crippen LogP contribution in [0.5, 0.6) is 0 Å². The summed E-state index contributed by atoms with van der Waals surface area (Å²) < 4.78 is 19.6. The number of hydrogen-bond acceptors (Lipinski definition) is 4. The van der Waals surface area contributed by atoms with Crippen molar-refractivity contribution < 1.29 is 18.7 Å². The van der Waals surface area contributed by atoms with Gasteiger partial charge >= 0.3 is 5.97 Å². The Bertz CT molecular complexity index is 885. The molecular weight excluding hydrogens is 299 g/mol. The Kier molecular flexibility index (Phi) is 3.89. The van der Waals surface area contributed by atoms with Crippen molar-refractivity contribution in [2.24, 2.45) is 0 Å². The quantitative estimate of drug-likeness (QED) is 0.548. The number of benzene rings is 1. The molecule has 2 heterocycles. The second-order valence-electron chi connectivity index (χ2n) is 4.83. The molecule has 6 heteroatoms. The summed E-state index contributed by atoms with van der Waals surface area (Å²) in [6.45, 7) is 2.00. The van der Waals surface area contributed by atoms with Gasteiger partial charge < -0.3 is 4.74 Å². The molecule has 0 aliphatic rings. The number of rotatable bonds is 4. The van der Waals surface area contributed by atoms with E-state index in [1.807, 2.05) is 0 Å². The van der Waals surface area contributed by atoms with Crippen molar-refractivity contribution in [1.29, 1.82) is 0 Å². The molecule has 23 heavy (non-hydrogen) atoms. The van der Waals surface area contributed by atoms with Crippen LogP contribution in [0.4, 0.5) is 4.39 Å². The van der Waals surface area contributed by atoms with Crippen molar-refractivity contribution in [2.45, 2.75) is 6.92 Å². The molecule has 3 rings (SSSR count). The number of pyridine rings is 1. The number of carbonyl (C=O) groups is 2. The molecule has 0 bridgehead atoms. The van der Waals surface area contributed by atoms with Crippen LogP contribution in [0.15, 0.2) is 42.6 Å². The Morgan fingerprint density at radius 2 is 2.04 bits per heavy atom. The van der Waals surface area contributed by atoms with Gasteiger partial charge in [-0.15, -0.1) is 0 Å². The lowest BCUT2D eigenvalue weighted by Crippen LogP contribution is -2.05. The Balaban J connectivity index is 2.14. The van der Waals surface area contributed by atoms with Crippen molar-refractivity contribution in [2.75, 3.05) is 6.61 Å². The topological polar surface area (TPSA) is 60.7 Å². The number of nitrogens with zero attached hydrogens (tertiary/aromatic N) is 2. The monoisotopic (exact) mass is 312 g/mol. The molecule has 0 amide bonds. The summed E-state index contributed by atoms with van der Waals surface area (Å²) in [7, 11) is 0. The highest BCUT2D eigenvalue weighted by molar-refractivity contribution is 5.92. The van der Waals surface area contributed by atoms with E-state index in [9.17, 15) is 14.0 Å². The molecule has 116 valence electrons. The van der Waals surface area contributed by atoms with Crippen LogP contribution in [-0.4, -0.2) is 28.2 Å². The first-order valence-corrected chi connectivity index (χ1v) is 7.04. The molecule has 0 unspecified atom stereocenters. The van der Waals surface area contributed by atoms with Crippen molar-refractivity contribution in [3.8, 4) is 11.3 Å². The minimum Gasteiger partial charge on any atom is -0.462 e. The van der Waals surface area contributed by atoms with Gasteiger partial charge in [-0.1, -0.05) is 0 Å². The maximum absolute atomic E-state index is 13.1. The van der Waals surface area contributed by atoms with Gasteiger partial charge in [0, 0.05) is 11.8 Å². The molecule has 0 saturated carbocycles. The van der Waals surface area contributed by atoms with Gasteiger partial charge in [-0.2, -0.15) is 0 Å². The van der Waals surface area contributed by atoms with Gasteiger partial charge in [0.15, 0.2) is 6.29 Å². The second-order valence-corrected chi connectivity index (χ2v) is 4.83. The minimum absolute atomic E-state index is 0.277. The van der Waals surface area contributed by atoms with E-state index in [1.165, 1.54) is 12.1 Å². The molecule has 0 N–H and O–H groups in total. The number of aromatic nitrogens is 2. The summed E-state index contributed by atoms with van der Waals surface area (Å²) in [6.07, 6.45) is 2.27. The summed E-state index contributed by atoms with van der Waals surface area (Å²) in [5.74, 6) is -0.816. The fourth-order valence-electron chi connectivity index (χ4n) is 2.34. The number of fused-ring (bicyclic) bond motifs is 1. The highest BCUT2D eigenvalue weighted by atomic mass is 19.1. The van der Waals surface area contributed by atoms with E-state index in [0.29, 0.717) is 34.4 Å². The zero-order chi connectivity index (χ0) is 16.4. The van der Waals surface area contributed by atoms with E-state index in [-0.39, 0.29) is 12.4 Å². The van der Waals surface area contributed by atoms with Crippen LogP contribution < -0.4 is 0 Å². The SMILES string of the molecule is CCOC(=O)c1ccn2c(C=O)c(-c3ccc(F)cc3)nc2c1. The second kappa shape index (κ2) is 6.00. The third kappa shape index (κ3) is 2.70. The number of halogens is 1. The molecule has 2 aromatic heterocycles. The van der Waals surface area contributed by atoms with E-state index in [1.54, 1.807) is 41.8 Å². The molecule has 0 spiro atoms. The van der Waals surface area contributed by atoms with Crippen LogP contribution in [0.2, 0.25) is 0 Å². The van der Waals surface area contributed by atoms with Crippen LogP contribution >= 0.6 is 0 Å². The zero-order valence-electron chi connectivity index (χ0n) is 12.3. The maximum atomic E-state index is 13.1. The van der Waals surface area contributed by atoms with Crippen molar-refractivity contribution in [3.63, 3.8) is 0 Å². The molecule has 0 fully saturated rings. The van der Waals surface area contributed by atoms with Crippen LogP contribution in [0.3, 0.4) is 0 Å². The Morgan fingerprint density at radius 3 is 2.70 bits per heavy atom. The summed E-state index contributed by atoms with van der Waals surface area (Å²) >= 11 is 0. The number of carbonyl (C=O) groups excluding carboxylic acids is 2. The standard InChI is InChI=1S/C17H13FN2O3/c1-2-23-17(22)12-7-8-20-14(10-21)16(19-15(20)9-12)11-3-5-13(18)6-4-11/h3-10H,2H2,1H3. The number of imidazole rings is 1. The third-order valence-electron chi connectivity index (χ3n) is 3.40. The summed E-state index contributed by atoms with van der Waals surface area (Å²) in [5, 5.41) is 0. The van der Waals surface area contributed by atoms with Crippen molar-refractivity contribution >= 4 is 17.9 Å². The number of ether oxygens (including phenoxy) is 1. The fraction of sp³-hybridized carbons (Fsp3) is 0.118. The van der Waals surface area contributed by atoms with Gasteiger partial charge in [0.05, 0.1) is 12.2 Å². The van der Waals surface area contributed by atoms with E-state index < -0.39 is 5.97 Å². The average Bonchev–Trinajstić information content (AvgIpc) is 2.93. The summed E-state index contributed by atoms with van der Waals surface area (Å²) in [4.78, 5) is 27.6. The lowest BCUT2D eigenvalue weighted by atomic mass is 10.1. The predicted octanol–water partition coefficient (Wildman–Crippen LogP) is 3.13. The first kappa shape index (κ1) is 14.9. The molecule has 0 aliphatic heterocycles. The van der Waals surface area contributed by atoms with E-state index in [0.717, 1.165) is 0 Å². The zero-order valence-corrected chi connectivity index (χ0v) is 12.3. The molecule has 0 atom stereocenters. The normalized spacial score (nSPS) is 10.7. The van der Waals surface area contributed by atoms with E-state index in [2.05, 4.69) is 4.98 Å². The van der Waals surface area contributed by atoms with Crippen LogP contribution in [0.25, 0.3) is 16.9 Å². The van der Waals surface area contributed by atoms with Crippen LogP contribution in [-0.2, 0) is 4.74 Å². The molecule has 3 aromatic rings. The molecule has 0 saturated heterocycles. The lowest BCUT2D eigenvalue weighted by Gasteiger charge is -2.02. The Hall–Kier alpha value is -3.02. The molecule has 0 radical (unpaired) electrons. The van der Waals surface area contributed by atoms with Crippen molar-refractivity contribution in [3.05, 3.63) is 59.7 Å². The van der Waals surface area contributed by atoms with Crippen molar-refractivity contribution in [1.82, 2.24) is 9.38 Å². The van der Waals surface area contributed by atoms with Gasteiger partial charge in [0.2, 0.25) is 0 Å². The highest BCUT2D eigenvalue weighted by Crippen LogP contribution is 2.24. The molecule has 0 aliphatic carbocycles. The van der Waals surface area contributed by atoms with E-state index >= 15 is 0 Å². The van der Waals surface area contributed by atoms with Gasteiger partial charge in [0.25, 0.3) is 0 Å². The summed E-state index contributed by atoms with van der Waals surface area (Å²) in [5.41, 5.74) is 2.18. The lowest BCUT2D eigenvalue weighted by molar-refractivity contribution is 0.0526. The number of hydrogen-bond donors (Lipinski definition) is 0. The maximum Gasteiger partial charge on any atom is 0.338 e. The van der Waals surface area contributed by atoms with E-state index in [4.69, 9.17) is 4.74 Å². The van der Waals surface area contributed by atoms with Gasteiger partial charge in [-0.3, -0.25) is 9.20 Å². The fourth-order valence-corrected chi connectivity index (χ4v) is 2.34. The Morgan fingerprint density at radius 1 is 1.30 bits per heavy atom. The van der Waals surface area contributed by atoms with Crippen LogP contribution in [0.1, 0.15) is 27.8 Å². The largest absolute Gasteiger partial charge is 0.462 e. The van der Waals surface area contributed by atoms with Crippen LogP contribution in [0, 0.1) is 5.82 Å². The van der Waals surface area contributed by atoms with Gasteiger partial charge in [-0.05, 0) is 43.3 Å². The predicted molar refractivity (Wildman–Crippen MR) is 81.9 cm³/mol. The smallest absolute Gasteiger partial charge is 0.338 e. The number of esters is 1. The first-order valence-electron chi connectivity index (χ1n) is 7.04. The van der Waals surface area contributed by atoms with Gasteiger partial charge in [-0.25, -0.2) is 14.2 Å². The molecule has 1 aromatic carbocycles. The third-order valence-corrected chi connectivity index (χ3v) is 3.40. The Labute approximate surface area is 131 Å². The average molecular weight is 312 g/mol. The minimum atomic E-state index is -0.450.